The van der Waals surface area contributed by atoms with Gasteiger partial charge in [-0.1, -0.05) is 33.8 Å². The van der Waals surface area contributed by atoms with E-state index in [4.69, 9.17) is 9.47 Å². The van der Waals surface area contributed by atoms with Crippen molar-refractivity contribution in [2.24, 2.45) is 52.3 Å². The van der Waals surface area contributed by atoms with Gasteiger partial charge in [-0.05, 0) is 116 Å². The lowest BCUT2D eigenvalue weighted by molar-refractivity contribution is -0.273. The van der Waals surface area contributed by atoms with E-state index in [1.807, 2.05) is 18.2 Å². The third-order valence-corrected chi connectivity index (χ3v) is 13.8. The standard InChI is InChI=1S/C36H53N3O4/c1-22-10-15-36(42-21-22)23(2)33-30(43-36)18-29-27-9-8-24-17-25(11-13-34(24,3)28(27)12-14-35(29,33)4)39-32(41)19-31(40)38-20-26-7-5-6-16-37-26/h5-7,16,22-25,27-30,33H,8-15,17-21H2,1-4H3,(H,38,40)(H,39,41)/t22-,23+,24+,25-,27-,28+,29+,30+,33+,34+,35+,36-/m1/s1. The van der Waals surface area contributed by atoms with Crippen LogP contribution in [0.2, 0.25) is 0 Å². The number of hydrogen-bond acceptors (Lipinski definition) is 5. The van der Waals surface area contributed by atoms with Gasteiger partial charge >= 0.3 is 0 Å². The summed E-state index contributed by atoms with van der Waals surface area (Å²) in [6, 6.07) is 5.79. The van der Waals surface area contributed by atoms with Crippen LogP contribution < -0.4 is 10.6 Å². The molecule has 7 heteroatoms. The summed E-state index contributed by atoms with van der Waals surface area (Å²) in [7, 11) is 0. The fourth-order valence-electron chi connectivity index (χ4n) is 11.6. The van der Waals surface area contributed by atoms with Crippen LogP contribution in [0, 0.1) is 52.3 Å². The second-order valence-electron chi connectivity index (χ2n) is 16.0. The SMILES string of the molecule is C[C@@H]1CC[C@@]2(OC1)O[C@H]1C[C@H]3[C@@H]4CC[C@H]5C[C@H](NC(=O)CC(=O)NCc6ccccn6)CC[C@]5(C)[C@H]4CC[C@]3(C)[C@H]1[C@@H]2C. The van der Waals surface area contributed by atoms with Crippen molar-refractivity contribution in [3.05, 3.63) is 30.1 Å². The molecule has 3 heterocycles. The van der Waals surface area contributed by atoms with Gasteiger partial charge < -0.3 is 20.1 Å². The van der Waals surface area contributed by atoms with Gasteiger partial charge in [-0.2, -0.15) is 0 Å². The molecule has 6 aliphatic rings. The molecular formula is C36H53N3O4. The van der Waals surface area contributed by atoms with Crippen molar-refractivity contribution >= 4 is 11.8 Å². The summed E-state index contributed by atoms with van der Waals surface area (Å²) in [6.45, 7) is 11.1. The van der Waals surface area contributed by atoms with Crippen molar-refractivity contribution in [2.45, 2.75) is 123 Å². The van der Waals surface area contributed by atoms with Crippen molar-refractivity contribution in [3.63, 3.8) is 0 Å². The molecule has 43 heavy (non-hydrogen) atoms. The zero-order valence-electron chi connectivity index (χ0n) is 26.8. The molecule has 12 atom stereocenters. The molecule has 0 aromatic carbocycles. The summed E-state index contributed by atoms with van der Waals surface area (Å²) in [5, 5.41) is 6.06. The molecule has 7 nitrogen and oxygen atoms in total. The van der Waals surface area contributed by atoms with E-state index >= 15 is 0 Å². The van der Waals surface area contributed by atoms with Crippen LogP contribution in [0.4, 0.5) is 0 Å². The fourth-order valence-corrected chi connectivity index (χ4v) is 11.6. The normalized spacial score (nSPS) is 46.7. The minimum atomic E-state index is -0.334. The van der Waals surface area contributed by atoms with E-state index < -0.39 is 0 Å². The Kier molecular flexibility index (Phi) is 7.68. The second-order valence-corrected chi connectivity index (χ2v) is 16.0. The van der Waals surface area contributed by atoms with Crippen LogP contribution in [0.25, 0.3) is 0 Å². The van der Waals surface area contributed by atoms with Crippen molar-refractivity contribution in [3.8, 4) is 0 Å². The van der Waals surface area contributed by atoms with Gasteiger partial charge in [0.1, 0.15) is 6.42 Å². The molecule has 4 aliphatic carbocycles. The molecule has 2 aliphatic heterocycles. The number of nitrogens with one attached hydrogen (secondary N) is 2. The highest BCUT2D eigenvalue weighted by Gasteiger charge is 2.69. The Bertz CT molecular complexity index is 1200. The number of carbonyl (C=O) groups is 2. The van der Waals surface area contributed by atoms with Gasteiger partial charge in [0.25, 0.3) is 0 Å². The van der Waals surface area contributed by atoms with E-state index in [1.165, 1.54) is 44.9 Å². The van der Waals surface area contributed by atoms with Gasteiger partial charge in [0.2, 0.25) is 11.8 Å². The Balaban J connectivity index is 0.952. The molecule has 0 radical (unpaired) electrons. The Hall–Kier alpha value is -1.99. The highest BCUT2D eigenvalue weighted by molar-refractivity contribution is 5.96. The Labute approximate surface area is 258 Å². The molecule has 1 aromatic rings. The van der Waals surface area contributed by atoms with Gasteiger partial charge in [0.15, 0.2) is 5.79 Å². The van der Waals surface area contributed by atoms with Crippen LogP contribution in [0.15, 0.2) is 24.4 Å². The molecule has 2 amide bonds. The summed E-state index contributed by atoms with van der Waals surface area (Å²) < 4.78 is 13.5. The lowest BCUT2D eigenvalue weighted by Crippen LogP contribution is -2.56. The summed E-state index contributed by atoms with van der Waals surface area (Å²) >= 11 is 0. The van der Waals surface area contributed by atoms with Gasteiger partial charge in [0, 0.05) is 24.6 Å². The number of nitrogens with zero attached hydrogens (tertiary/aromatic N) is 1. The maximum Gasteiger partial charge on any atom is 0.229 e. The topological polar surface area (TPSA) is 89.5 Å². The largest absolute Gasteiger partial charge is 0.353 e. The lowest BCUT2D eigenvalue weighted by Gasteiger charge is -2.61. The van der Waals surface area contributed by atoms with Crippen molar-refractivity contribution in [2.75, 3.05) is 6.61 Å². The minimum absolute atomic E-state index is 0.121. The van der Waals surface area contributed by atoms with E-state index in [0.29, 0.717) is 47.2 Å². The molecule has 6 fully saturated rings. The number of ether oxygens (including phenoxy) is 2. The molecule has 0 bridgehead atoms. The van der Waals surface area contributed by atoms with Gasteiger partial charge in [-0.25, -0.2) is 0 Å². The monoisotopic (exact) mass is 591 g/mol. The molecule has 236 valence electrons. The van der Waals surface area contributed by atoms with Crippen LogP contribution in [0.1, 0.15) is 104 Å². The van der Waals surface area contributed by atoms with Crippen LogP contribution in [0.3, 0.4) is 0 Å². The third kappa shape index (κ3) is 5.05. The minimum Gasteiger partial charge on any atom is -0.353 e. The predicted octanol–water partition coefficient (Wildman–Crippen LogP) is 6.02. The van der Waals surface area contributed by atoms with E-state index in [-0.39, 0.29) is 30.1 Å². The highest BCUT2D eigenvalue weighted by atomic mass is 16.7. The summed E-state index contributed by atoms with van der Waals surface area (Å²) in [5.41, 5.74) is 1.49. The molecule has 2 N–H and O–H groups in total. The number of carbonyl (C=O) groups excluding carboxylic acids is 2. The van der Waals surface area contributed by atoms with Crippen LogP contribution >= 0.6 is 0 Å². The Morgan fingerprint density at radius 2 is 1.79 bits per heavy atom. The first-order valence-electron chi connectivity index (χ1n) is 17.4. The summed E-state index contributed by atoms with van der Waals surface area (Å²) in [6.07, 6.45) is 13.9. The molecule has 4 saturated carbocycles. The van der Waals surface area contributed by atoms with E-state index in [1.54, 1.807) is 6.20 Å². The van der Waals surface area contributed by atoms with Crippen molar-refractivity contribution < 1.29 is 19.1 Å². The summed E-state index contributed by atoms with van der Waals surface area (Å²) in [4.78, 5) is 29.4. The molecular weight excluding hydrogens is 538 g/mol. The quantitative estimate of drug-likeness (QED) is 0.409. The first-order chi connectivity index (χ1) is 20.6. The van der Waals surface area contributed by atoms with Crippen LogP contribution in [-0.4, -0.2) is 41.3 Å². The van der Waals surface area contributed by atoms with Crippen LogP contribution in [0.5, 0.6) is 0 Å². The number of rotatable bonds is 5. The number of aromatic nitrogens is 1. The first kappa shape index (κ1) is 29.7. The first-order valence-corrected chi connectivity index (χ1v) is 17.4. The number of fused-ring (bicyclic) bond motifs is 7. The fraction of sp³-hybridized carbons (Fsp3) is 0.806. The average molecular weight is 592 g/mol. The Morgan fingerprint density at radius 1 is 0.953 bits per heavy atom. The summed E-state index contributed by atoms with van der Waals surface area (Å²) in [5.74, 6) is 3.95. The van der Waals surface area contributed by atoms with E-state index in [9.17, 15) is 9.59 Å². The Morgan fingerprint density at radius 3 is 2.56 bits per heavy atom. The third-order valence-electron chi connectivity index (χ3n) is 13.8. The second kappa shape index (κ2) is 11.1. The maximum absolute atomic E-state index is 12.8. The van der Waals surface area contributed by atoms with Crippen molar-refractivity contribution in [1.82, 2.24) is 15.6 Å². The molecule has 0 unspecified atom stereocenters. The highest BCUT2D eigenvalue weighted by Crippen LogP contribution is 2.71. The van der Waals surface area contributed by atoms with Gasteiger partial charge in [-0.15, -0.1) is 0 Å². The predicted molar refractivity (Wildman–Crippen MR) is 164 cm³/mol. The number of hydrogen-bond donors (Lipinski definition) is 2. The van der Waals surface area contributed by atoms with Gasteiger partial charge in [-0.3, -0.25) is 14.6 Å². The number of pyridine rings is 1. The van der Waals surface area contributed by atoms with E-state index in [0.717, 1.165) is 49.3 Å². The maximum atomic E-state index is 12.8. The zero-order chi connectivity index (χ0) is 30.0. The average Bonchev–Trinajstić information content (AvgIpc) is 3.44. The zero-order valence-corrected chi connectivity index (χ0v) is 26.8. The van der Waals surface area contributed by atoms with E-state index in [2.05, 4.69) is 43.3 Å². The smallest absolute Gasteiger partial charge is 0.229 e. The molecule has 2 saturated heterocycles. The van der Waals surface area contributed by atoms with Crippen LogP contribution in [-0.2, 0) is 25.6 Å². The molecule has 1 aromatic heterocycles. The number of amides is 2. The lowest BCUT2D eigenvalue weighted by atomic mass is 9.44. The van der Waals surface area contributed by atoms with Crippen molar-refractivity contribution in [1.29, 1.82) is 0 Å². The van der Waals surface area contributed by atoms with Gasteiger partial charge in [0.05, 0.1) is 24.9 Å². The molecule has 1 spiro atoms. The molecule has 7 rings (SSSR count).